The third-order valence-corrected chi connectivity index (χ3v) is 2.84. The van der Waals surface area contributed by atoms with Gasteiger partial charge in [-0.2, -0.15) is 26.3 Å². The number of carbonyl (C=O) groups excluding carboxylic acids is 1. The maximum Gasteiger partial charge on any atom is 0.391 e. The fourth-order valence-electron chi connectivity index (χ4n) is 2.00. The predicted octanol–water partition coefficient (Wildman–Crippen LogP) is 3.23. The van der Waals surface area contributed by atoms with Gasteiger partial charge in [0.25, 0.3) is 0 Å². The molecule has 0 aliphatic heterocycles. The van der Waals surface area contributed by atoms with E-state index in [1.165, 1.54) is 0 Å². The number of hydrogen-bond donors (Lipinski definition) is 0. The van der Waals surface area contributed by atoms with Gasteiger partial charge in [-0.15, -0.1) is 0 Å². The molecule has 0 aromatic carbocycles. The second-order valence-electron chi connectivity index (χ2n) is 4.06. The van der Waals surface area contributed by atoms with Crippen molar-refractivity contribution in [3.05, 3.63) is 0 Å². The van der Waals surface area contributed by atoms with Crippen LogP contribution in [0.15, 0.2) is 4.99 Å². The van der Waals surface area contributed by atoms with E-state index >= 15 is 0 Å². The Morgan fingerprint density at radius 3 is 1.59 bits per heavy atom. The van der Waals surface area contributed by atoms with Crippen molar-refractivity contribution in [2.45, 2.75) is 37.7 Å². The molecule has 8 heteroatoms. The molecule has 0 amide bonds. The van der Waals surface area contributed by atoms with Gasteiger partial charge in [0.1, 0.15) is 0 Å². The van der Waals surface area contributed by atoms with Crippen molar-refractivity contribution in [3.8, 4) is 0 Å². The number of alkyl halides is 6. The molecule has 98 valence electrons. The monoisotopic (exact) mass is 261 g/mol. The van der Waals surface area contributed by atoms with Gasteiger partial charge in [0.05, 0.1) is 17.9 Å². The maximum atomic E-state index is 12.4. The second-order valence-corrected chi connectivity index (χ2v) is 4.06. The molecule has 0 aromatic rings. The normalized spacial score (nSPS) is 30.8. The number of rotatable bonds is 1. The Kier molecular flexibility index (Phi) is 3.86. The second kappa shape index (κ2) is 4.68. The largest absolute Gasteiger partial charge is 0.391 e. The van der Waals surface area contributed by atoms with Crippen LogP contribution in [0, 0.1) is 11.8 Å². The van der Waals surface area contributed by atoms with Gasteiger partial charge in [-0.1, -0.05) is 0 Å². The molecule has 0 spiro atoms. The Morgan fingerprint density at radius 2 is 1.29 bits per heavy atom. The van der Waals surface area contributed by atoms with Gasteiger partial charge in [-0.25, -0.2) is 9.79 Å². The Balaban J connectivity index is 2.87. The molecule has 0 bridgehead atoms. The van der Waals surface area contributed by atoms with Crippen molar-refractivity contribution in [3.63, 3.8) is 0 Å². The molecular formula is C9H9F6NO. The highest BCUT2D eigenvalue weighted by molar-refractivity contribution is 5.33. The lowest BCUT2D eigenvalue weighted by molar-refractivity contribution is -0.224. The summed E-state index contributed by atoms with van der Waals surface area (Å²) in [4.78, 5) is 12.9. The summed E-state index contributed by atoms with van der Waals surface area (Å²) in [7, 11) is 0. The van der Waals surface area contributed by atoms with Crippen molar-refractivity contribution < 1.29 is 31.1 Å². The first-order chi connectivity index (χ1) is 7.64. The summed E-state index contributed by atoms with van der Waals surface area (Å²) < 4.78 is 74.5. The molecule has 0 radical (unpaired) electrons. The third kappa shape index (κ3) is 3.73. The lowest BCUT2D eigenvalue weighted by atomic mass is 9.78. The smallest absolute Gasteiger partial charge is 0.211 e. The third-order valence-electron chi connectivity index (χ3n) is 2.84. The van der Waals surface area contributed by atoms with E-state index in [1.807, 2.05) is 0 Å². The van der Waals surface area contributed by atoms with Gasteiger partial charge in [0, 0.05) is 0 Å². The van der Waals surface area contributed by atoms with Crippen LogP contribution in [-0.4, -0.2) is 24.5 Å². The van der Waals surface area contributed by atoms with Crippen LogP contribution in [0.2, 0.25) is 0 Å². The van der Waals surface area contributed by atoms with E-state index in [1.54, 1.807) is 0 Å². The lowest BCUT2D eigenvalue weighted by Crippen LogP contribution is -2.39. The summed E-state index contributed by atoms with van der Waals surface area (Å²) in [6.45, 7) is 0. The van der Waals surface area contributed by atoms with Crippen molar-refractivity contribution in [1.29, 1.82) is 0 Å². The highest BCUT2D eigenvalue weighted by Gasteiger charge is 2.51. The average Bonchev–Trinajstić information content (AvgIpc) is 2.15. The molecule has 1 aliphatic rings. The molecule has 2 nitrogen and oxygen atoms in total. The number of nitrogens with zero attached hydrogens (tertiary/aromatic N) is 1. The van der Waals surface area contributed by atoms with E-state index in [2.05, 4.69) is 4.99 Å². The topological polar surface area (TPSA) is 29.4 Å². The first kappa shape index (κ1) is 14.0. The summed E-state index contributed by atoms with van der Waals surface area (Å²) in [6, 6.07) is -1.25. The van der Waals surface area contributed by atoms with E-state index < -0.39 is 49.5 Å². The predicted molar refractivity (Wildman–Crippen MR) is 44.9 cm³/mol. The molecule has 0 N–H and O–H groups in total. The Labute approximate surface area is 92.7 Å². The summed E-state index contributed by atoms with van der Waals surface area (Å²) in [5.41, 5.74) is 0. The highest BCUT2D eigenvalue weighted by atomic mass is 19.4. The molecule has 2 atom stereocenters. The van der Waals surface area contributed by atoms with Gasteiger partial charge >= 0.3 is 12.4 Å². The van der Waals surface area contributed by atoms with Crippen LogP contribution in [0.5, 0.6) is 0 Å². The van der Waals surface area contributed by atoms with Crippen molar-refractivity contribution in [1.82, 2.24) is 0 Å². The lowest BCUT2D eigenvalue weighted by Gasteiger charge is -2.34. The molecule has 2 unspecified atom stereocenters. The quantitative estimate of drug-likeness (QED) is 0.405. The molecule has 0 heterocycles. The van der Waals surface area contributed by atoms with E-state index in [0.717, 1.165) is 6.08 Å². The average molecular weight is 261 g/mol. The Hall–Kier alpha value is -1.04. The van der Waals surface area contributed by atoms with Crippen LogP contribution < -0.4 is 0 Å². The van der Waals surface area contributed by atoms with Gasteiger partial charge in [-0.05, 0) is 19.3 Å². The van der Waals surface area contributed by atoms with E-state index in [0.29, 0.717) is 0 Å². The fraction of sp³-hybridized carbons (Fsp3) is 0.889. The summed E-state index contributed by atoms with van der Waals surface area (Å²) in [6.07, 6.45) is -10.5. The van der Waals surface area contributed by atoms with Crippen LogP contribution in [0.1, 0.15) is 19.3 Å². The number of hydrogen-bond acceptors (Lipinski definition) is 2. The van der Waals surface area contributed by atoms with Crippen LogP contribution in [-0.2, 0) is 4.79 Å². The standard InChI is InChI=1S/C9H9F6NO/c10-8(11,12)5-1-6(9(13,14)15)3-7(2-5)16-4-17/h5-7H,1-3H2. The van der Waals surface area contributed by atoms with Crippen LogP contribution >= 0.6 is 0 Å². The first-order valence-electron chi connectivity index (χ1n) is 4.85. The van der Waals surface area contributed by atoms with E-state index in [9.17, 15) is 31.1 Å². The van der Waals surface area contributed by atoms with E-state index in [4.69, 9.17) is 0 Å². The van der Waals surface area contributed by atoms with Crippen LogP contribution in [0.3, 0.4) is 0 Å². The Morgan fingerprint density at radius 1 is 0.882 bits per heavy atom. The van der Waals surface area contributed by atoms with Crippen molar-refractivity contribution >= 4 is 6.08 Å². The molecule has 1 fully saturated rings. The molecule has 17 heavy (non-hydrogen) atoms. The molecule has 1 rings (SSSR count). The fourth-order valence-corrected chi connectivity index (χ4v) is 2.00. The van der Waals surface area contributed by atoms with Gasteiger partial charge in [0.15, 0.2) is 0 Å². The number of halogens is 6. The zero-order valence-corrected chi connectivity index (χ0v) is 8.48. The van der Waals surface area contributed by atoms with Crippen LogP contribution in [0.4, 0.5) is 26.3 Å². The van der Waals surface area contributed by atoms with Gasteiger partial charge in [-0.3, -0.25) is 0 Å². The molecule has 1 saturated carbocycles. The minimum absolute atomic E-state index is 0.578. The number of aliphatic imine (C=N–C) groups is 1. The summed E-state index contributed by atoms with van der Waals surface area (Å²) in [5.74, 6) is -4.13. The maximum absolute atomic E-state index is 12.4. The minimum atomic E-state index is -4.69. The van der Waals surface area contributed by atoms with Gasteiger partial charge in [0.2, 0.25) is 6.08 Å². The number of isocyanates is 1. The zero-order valence-electron chi connectivity index (χ0n) is 8.48. The minimum Gasteiger partial charge on any atom is -0.211 e. The highest BCUT2D eigenvalue weighted by Crippen LogP contribution is 2.46. The zero-order chi connectivity index (χ0) is 13.3. The molecule has 0 saturated heterocycles. The van der Waals surface area contributed by atoms with Crippen LogP contribution in [0.25, 0.3) is 0 Å². The summed E-state index contributed by atoms with van der Waals surface area (Å²) in [5, 5.41) is 0. The van der Waals surface area contributed by atoms with Crippen molar-refractivity contribution in [2.24, 2.45) is 16.8 Å². The first-order valence-corrected chi connectivity index (χ1v) is 4.85. The molecule has 0 aromatic heterocycles. The van der Waals surface area contributed by atoms with Gasteiger partial charge < -0.3 is 0 Å². The molecule has 1 aliphatic carbocycles. The molecular weight excluding hydrogens is 252 g/mol. The SMILES string of the molecule is O=C=NC1CC(C(F)(F)F)CC(C(F)(F)F)C1. The van der Waals surface area contributed by atoms with Crippen molar-refractivity contribution in [2.75, 3.05) is 0 Å². The van der Waals surface area contributed by atoms with E-state index in [-0.39, 0.29) is 0 Å². The Bertz CT molecular complexity index is 294. The summed E-state index contributed by atoms with van der Waals surface area (Å²) >= 11 is 0.